The lowest BCUT2D eigenvalue weighted by Gasteiger charge is -2.28. The predicted molar refractivity (Wildman–Crippen MR) is 160 cm³/mol. The van der Waals surface area contributed by atoms with E-state index in [9.17, 15) is 24.0 Å². The van der Waals surface area contributed by atoms with E-state index in [1.807, 2.05) is 19.1 Å². The van der Waals surface area contributed by atoms with Crippen LogP contribution in [-0.2, 0) is 14.3 Å². The van der Waals surface area contributed by atoms with Crippen molar-refractivity contribution in [2.75, 3.05) is 11.5 Å². The van der Waals surface area contributed by atoms with Crippen molar-refractivity contribution in [3.05, 3.63) is 95.1 Å². The molecule has 6 atom stereocenters. The minimum Gasteiger partial charge on any atom is -0.454 e. The molecule has 8 nitrogen and oxygen atoms in total. The molecule has 2 bridgehead atoms. The van der Waals surface area contributed by atoms with Gasteiger partial charge in [0, 0.05) is 15.2 Å². The van der Waals surface area contributed by atoms with Gasteiger partial charge in [0.25, 0.3) is 0 Å². The number of Topliss-reactive ketones (excluding diaryl/α,β-unsaturated/α-hetero) is 1. The molecule has 0 N–H and O–H groups in total. The second kappa shape index (κ2) is 11.2. The van der Waals surface area contributed by atoms with Crippen LogP contribution in [0, 0.1) is 30.6 Å². The number of esters is 2. The van der Waals surface area contributed by atoms with E-state index in [1.165, 1.54) is 41.3 Å². The van der Waals surface area contributed by atoms with Gasteiger partial charge in [-0.25, -0.2) is 9.59 Å². The fourth-order valence-corrected chi connectivity index (χ4v) is 8.09. The van der Waals surface area contributed by atoms with Gasteiger partial charge in [-0.05, 0) is 85.8 Å². The molecule has 42 heavy (non-hydrogen) atoms. The third kappa shape index (κ3) is 5.00. The van der Waals surface area contributed by atoms with Gasteiger partial charge < -0.3 is 9.47 Å². The third-order valence-corrected chi connectivity index (χ3v) is 11.6. The van der Waals surface area contributed by atoms with E-state index >= 15 is 0 Å². The van der Waals surface area contributed by atoms with Crippen LogP contribution in [0.3, 0.4) is 0 Å². The Morgan fingerprint density at radius 2 is 1.24 bits per heavy atom. The number of carbonyl (C=O) groups excluding carboxylic acids is 5. The lowest BCUT2D eigenvalue weighted by atomic mass is 9.81. The molecule has 1 heterocycles. The summed E-state index contributed by atoms with van der Waals surface area (Å²) in [5.74, 6) is -2.20. The summed E-state index contributed by atoms with van der Waals surface area (Å²) in [4.78, 5) is 65.5. The first-order valence-electron chi connectivity index (χ1n) is 13.5. The summed E-state index contributed by atoms with van der Waals surface area (Å²) < 4.78 is 10.6. The maximum atomic E-state index is 13.2. The summed E-state index contributed by atoms with van der Waals surface area (Å²) >= 11 is 7.37. The lowest BCUT2D eigenvalue weighted by Crippen LogP contribution is -2.37. The maximum absolute atomic E-state index is 13.2. The molecule has 3 fully saturated rings. The van der Waals surface area contributed by atoms with E-state index in [4.69, 9.17) is 9.47 Å². The Bertz CT molecular complexity index is 1550. The van der Waals surface area contributed by atoms with Crippen LogP contribution < -0.4 is 9.64 Å². The van der Waals surface area contributed by atoms with Gasteiger partial charge in [-0.15, -0.1) is 0 Å². The molecule has 0 spiro atoms. The van der Waals surface area contributed by atoms with Crippen LogP contribution in [-0.4, -0.2) is 45.8 Å². The zero-order chi connectivity index (χ0) is 29.7. The molecule has 1 aliphatic heterocycles. The number of aryl methyl sites for hydroxylation is 1. The number of hydrogen-bond acceptors (Lipinski definition) is 7. The van der Waals surface area contributed by atoms with E-state index in [2.05, 4.69) is 31.9 Å². The molecule has 10 heteroatoms. The molecule has 0 radical (unpaired) electrons. The number of imide groups is 1. The highest BCUT2D eigenvalue weighted by Crippen LogP contribution is 2.60. The van der Waals surface area contributed by atoms with Gasteiger partial charge in [0.2, 0.25) is 11.8 Å². The number of anilines is 1. The predicted octanol–water partition coefficient (Wildman–Crippen LogP) is 5.54. The van der Waals surface area contributed by atoms with Crippen LogP contribution in [0.25, 0.3) is 0 Å². The Kier molecular flexibility index (Phi) is 7.61. The zero-order valence-electron chi connectivity index (χ0n) is 22.4. The maximum Gasteiger partial charge on any atom is 0.343 e. The number of hydrogen-bond donors (Lipinski definition) is 0. The quantitative estimate of drug-likeness (QED) is 0.105. The van der Waals surface area contributed by atoms with Gasteiger partial charge in [-0.2, -0.15) is 0 Å². The largest absolute Gasteiger partial charge is 0.454 e. The fraction of sp³-hybridized carbons (Fsp3) is 0.281. The van der Waals surface area contributed by atoms with Crippen molar-refractivity contribution >= 4 is 67.1 Å². The molecule has 2 saturated carbocycles. The molecule has 3 aromatic rings. The van der Waals surface area contributed by atoms with Crippen LogP contribution in [0.5, 0.6) is 5.75 Å². The number of rotatable bonds is 7. The van der Waals surface area contributed by atoms with E-state index in [0.29, 0.717) is 11.3 Å². The van der Waals surface area contributed by atoms with Crippen molar-refractivity contribution in [1.29, 1.82) is 0 Å². The van der Waals surface area contributed by atoms with Crippen molar-refractivity contribution in [2.45, 2.75) is 23.0 Å². The van der Waals surface area contributed by atoms with Crippen LogP contribution in [0.2, 0.25) is 0 Å². The summed E-state index contributed by atoms with van der Waals surface area (Å²) in [6.07, 6.45) is 0.849. The topological polar surface area (TPSA) is 107 Å². The van der Waals surface area contributed by atoms with Gasteiger partial charge in [0.15, 0.2) is 12.4 Å². The van der Waals surface area contributed by atoms with Crippen molar-refractivity contribution in [3.63, 3.8) is 0 Å². The number of amides is 2. The number of nitrogens with zero attached hydrogens (tertiary/aromatic N) is 1. The molecule has 6 rings (SSSR count). The second-order valence-corrected chi connectivity index (χ2v) is 13.0. The van der Waals surface area contributed by atoms with Crippen LogP contribution >= 0.6 is 31.9 Å². The normalized spacial score (nSPS) is 25.8. The first kappa shape index (κ1) is 28.5. The van der Waals surface area contributed by atoms with Crippen LogP contribution in [0.15, 0.2) is 72.8 Å². The minimum atomic E-state index is -0.711. The molecule has 6 unspecified atom stereocenters. The first-order chi connectivity index (χ1) is 20.1. The molecule has 1 saturated heterocycles. The number of ether oxygens (including phenoxy) is 2. The Morgan fingerprint density at radius 3 is 1.81 bits per heavy atom. The molecule has 2 aliphatic carbocycles. The minimum absolute atomic E-state index is 0.113. The van der Waals surface area contributed by atoms with E-state index in [-0.39, 0.29) is 62.0 Å². The van der Waals surface area contributed by atoms with Gasteiger partial charge in [0.1, 0.15) is 5.75 Å². The highest BCUT2D eigenvalue weighted by atomic mass is 79.9. The molecule has 214 valence electrons. The monoisotopic (exact) mass is 693 g/mol. The molecule has 0 aromatic heterocycles. The highest BCUT2D eigenvalue weighted by Gasteiger charge is 2.66. The Hall–Kier alpha value is -3.63. The van der Waals surface area contributed by atoms with Gasteiger partial charge in [-0.1, -0.05) is 49.6 Å². The lowest BCUT2D eigenvalue weighted by molar-refractivity contribution is -0.123. The summed E-state index contributed by atoms with van der Waals surface area (Å²) in [6.45, 7) is 1.43. The number of benzene rings is 3. The number of fused-ring (bicyclic) bond motifs is 5. The van der Waals surface area contributed by atoms with E-state index in [1.54, 1.807) is 24.3 Å². The smallest absolute Gasteiger partial charge is 0.343 e. The van der Waals surface area contributed by atoms with Crippen molar-refractivity contribution in [1.82, 2.24) is 0 Å². The molecule has 2 amide bonds. The summed E-state index contributed by atoms with van der Waals surface area (Å²) in [6, 6.07) is 19.0. The SMILES string of the molecule is Cc1ccc(C(=O)Oc2ccc(C(=O)COC(=O)c3ccc(N4C(=O)C5C6CC(C(Br)C6Br)C5C4=O)cc3)cc2)cc1. The average molecular weight is 695 g/mol. The number of ketones is 1. The third-order valence-electron chi connectivity index (χ3n) is 8.36. The van der Waals surface area contributed by atoms with Crippen molar-refractivity contribution < 1.29 is 33.4 Å². The average Bonchev–Trinajstić information content (AvgIpc) is 3.61. The van der Waals surface area contributed by atoms with Crippen LogP contribution in [0.4, 0.5) is 5.69 Å². The Balaban J connectivity index is 1.04. The summed E-state index contributed by atoms with van der Waals surface area (Å²) in [5.41, 5.74) is 2.32. The molecule has 3 aromatic carbocycles. The number of halogens is 2. The second-order valence-electron chi connectivity index (χ2n) is 10.8. The van der Waals surface area contributed by atoms with Gasteiger partial charge in [-0.3, -0.25) is 19.3 Å². The Morgan fingerprint density at radius 1 is 0.738 bits per heavy atom. The number of alkyl halides is 2. The Labute approximate surface area is 258 Å². The van der Waals surface area contributed by atoms with Crippen LogP contribution in [0.1, 0.15) is 43.1 Å². The summed E-state index contributed by atoms with van der Waals surface area (Å²) in [7, 11) is 0. The first-order valence-corrected chi connectivity index (χ1v) is 15.3. The molecular weight excluding hydrogens is 670 g/mol. The van der Waals surface area contributed by atoms with E-state index in [0.717, 1.165) is 12.0 Å². The zero-order valence-corrected chi connectivity index (χ0v) is 25.5. The highest BCUT2D eigenvalue weighted by molar-refractivity contribution is 9.12. The number of carbonyl (C=O) groups is 5. The van der Waals surface area contributed by atoms with Crippen molar-refractivity contribution in [3.8, 4) is 5.75 Å². The molecule has 3 aliphatic rings. The fourth-order valence-electron chi connectivity index (χ4n) is 6.21. The van der Waals surface area contributed by atoms with Gasteiger partial charge >= 0.3 is 11.9 Å². The van der Waals surface area contributed by atoms with Gasteiger partial charge in [0.05, 0.1) is 28.7 Å². The van der Waals surface area contributed by atoms with E-state index < -0.39 is 24.3 Å². The summed E-state index contributed by atoms with van der Waals surface area (Å²) in [5, 5.41) is 0. The standard InChI is InChI=1S/C32H25Br2NO7/c1-16-2-4-19(5-3-16)32(40)42-21-12-8-17(9-13-21)24(36)15-41-31(39)18-6-10-20(11-7-18)35-29(37)25-22-14-23(26(25)30(35)38)28(34)27(22)33/h2-13,22-23,25-28H,14-15H2,1H3. The molecular formula is C32H25Br2NO7. The van der Waals surface area contributed by atoms with Crippen molar-refractivity contribution in [2.24, 2.45) is 23.7 Å².